The zero-order valence-electron chi connectivity index (χ0n) is 15.7. The number of carbonyl (C=O) groups is 1. The Hall–Kier alpha value is -3.00. The van der Waals surface area contributed by atoms with E-state index >= 15 is 0 Å². The fourth-order valence-electron chi connectivity index (χ4n) is 4.77. The van der Waals surface area contributed by atoms with Gasteiger partial charge in [-0.15, -0.1) is 0 Å². The predicted octanol–water partition coefficient (Wildman–Crippen LogP) is 2.94. The Labute approximate surface area is 158 Å². The standard InChI is InChI=1S/C22H21N3O2/c1-13-17-10-9-16-19(22(17,2)11-15(12-23)18(13)26)24-20(25(3)21(16)27)14-7-5-4-6-8-14/h4-8,11,13,17H,9-10H2,1-3H3/t13?,17-,22-/m0/s1. The van der Waals surface area contributed by atoms with E-state index in [1.54, 1.807) is 17.7 Å². The fraction of sp³-hybridized carbons (Fsp3) is 0.364. The van der Waals surface area contributed by atoms with Crippen LogP contribution in [0.4, 0.5) is 0 Å². The Kier molecular flexibility index (Phi) is 3.88. The Morgan fingerprint density at radius 3 is 2.63 bits per heavy atom. The molecule has 1 unspecified atom stereocenters. The van der Waals surface area contributed by atoms with Gasteiger partial charge in [-0.25, -0.2) is 4.98 Å². The lowest BCUT2D eigenvalue weighted by atomic mass is 9.58. The van der Waals surface area contributed by atoms with Crippen molar-refractivity contribution in [3.05, 3.63) is 63.6 Å². The highest BCUT2D eigenvalue weighted by Gasteiger charge is 2.49. The molecule has 136 valence electrons. The maximum Gasteiger partial charge on any atom is 0.256 e. The first-order valence-corrected chi connectivity index (χ1v) is 9.21. The van der Waals surface area contributed by atoms with Crippen LogP contribution >= 0.6 is 0 Å². The Bertz CT molecular complexity index is 1080. The number of Topliss-reactive ketones (excluding diaryl/α,β-unsaturated/α-hetero) is 1. The minimum absolute atomic E-state index is 0.0397. The zero-order chi connectivity index (χ0) is 19.3. The summed E-state index contributed by atoms with van der Waals surface area (Å²) >= 11 is 0. The molecule has 2 aliphatic rings. The molecule has 27 heavy (non-hydrogen) atoms. The van der Waals surface area contributed by atoms with E-state index in [0.29, 0.717) is 23.5 Å². The van der Waals surface area contributed by atoms with Gasteiger partial charge in [-0.05, 0) is 18.8 Å². The Morgan fingerprint density at radius 2 is 1.96 bits per heavy atom. The third-order valence-corrected chi connectivity index (χ3v) is 6.25. The second kappa shape index (κ2) is 6.02. The molecule has 0 radical (unpaired) electrons. The van der Waals surface area contributed by atoms with Crippen LogP contribution in [-0.4, -0.2) is 15.3 Å². The van der Waals surface area contributed by atoms with Gasteiger partial charge < -0.3 is 0 Å². The van der Waals surface area contributed by atoms with Gasteiger partial charge >= 0.3 is 0 Å². The van der Waals surface area contributed by atoms with Gasteiger partial charge in [0, 0.05) is 29.5 Å². The minimum atomic E-state index is -0.594. The summed E-state index contributed by atoms with van der Waals surface area (Å²) in [5.41, 5.74) is 1.82. The first-order valence-electron chi connectivity index (χ1n) is 9.21. The molecule has 0 amide bonds. The van der Waals surface area contributed by atoms with Crippen molar-refractivity contribution in [2.24, 2.45) is 18.9 Å². The van der Waals surface area contributed by atoms with Crippen LogP contribution in [0.2, 0.25) is 0 Å². The summed E-state index contributed by atoms with van der Waals surface area (Å²) in [5, 5.41) is 9.44. The van der Waals surface area contributed by atoms with Crippen molar-refractivity contribution in [2.75, 3.05) is 0 Å². The largest absolute Gasteiger partial charge is 0.296 e. The molecule has 1 aromatic carbocycles. The van der Waals surface area contributed by atoms with Crippen molar-refractivity contribution in [1.29, 1.82) is 5.26 Å². The minimum Gasteiger partial charge on any atom is -0.296 e. The van der Waals surface area contributed by atoms with E-state index in [1.165, 1.54) is 0 Å². The van der Waals surface area contributed by atoms with Crippen molar-refractivity contribution < 1.29 is 4.79 Å². The number of ketones is 1. The average molecular weight is 359 g/mol. The summed E-state index contributed by atoms with van der Waals surface area (Å²) in [6.07, 6.45) is 3.10. The average Bonchev–Trinajstić information content (AvgIpc) is 2.68. The molecule has 5 heteroatoms. The van der Waals surface area contributed by atoms with Crippen molar-refractivity contribution in [1.82, 2.24) is 9.55 Å². The van der Waals surface area contributed by atoms with Gasteiger partial charge in [0.2, 0.25) is 0 Å². The summed E-state index contributed by atoms with van der Waals surface area (Å²) in [7, 11) is 1.75. The van der Waals surface area contributed by atoms with E-state index in [1.807, 2.05) is 50.2 Å². The Balaban J connectivity index is 2.02. The van der Waals surface area contributed by atoms with Crippen LogP contribution in [0.3, 0.4) is 0 Å². The van der Waals surface area contributed by atoms with Crippen LogP contribution in [0, 0.1) is 23.2 Å². The molecule has 2 aliphatic carbocycles. The maximum absolute atomic E-state index is 13.1. The normalized spacial score (nSPS) is 26.6. The molecule has 4 rings (SSSR count). The van der Waals surface area contributed by atoms with Gasteiger partial charge in [0.1, 0.15) is 11.9 Å². The van der Waals surface area contributed by atoms with Crippen LogP contribution in [0.15, 0.2) is 46.8 Å². The Morgan fingerprint density at radius 1 is 1.26 bits per heavy atom. The molecular formula is C22H21N3O2. The number of fused-ring (bicyclic) bond motifs is 3. The lowest BCUT2D eigenvalue weighted by Gasteiger charge is -2.45. The number of carbonyl (C=O) groups excluding carboxylic acids is 1. The van der Waals surface area contributed by atoms with Crippen molar-refractivity contribution in [3.8, 4) is 17.5 Å². The molecule has 0 fully saturated rings. The fourth-order valence-corrected chi connectivity index (χ4v) is 4.77. The van der Waals surface area contributed by atoms with E-state index in [9.17, 15) is 14.9 Å². The lowest BCUT2D eigenvalue weighted by Crippen LogP contribution is -2.48. The van der Waals surface area contributed by atoms with Crippen molar-refractivity contribution in [3.63, 3.8) is 0 Å². The van der Waals surface area contributed by atoms with E-state index < -0.39 is 5.41 Å². The molecule has 3 atom stereocenters. The summed E-state index contributed by atoms with van der Waals surface area (Å²) < 4.78 is 1.60. The number of hydrogen-bond donors (Lipinski definition) is 0. The molecule has 0 saturated heterocycles. The van der Waals surface area contributed by atoms with Crippen LogP contribution in [-0.2, 0) is 23.7 Å². The SMILES string of the molecule is CC1C(=O)C(C#N)=C[C@]2(C)c3nc(-c4ccccc4)n(C)c(=O)c3CC[C@@H]12. The number of hydrogen-bond acceptors (Lipinski definition) is 4. The topological polar surface area (TPSA) is 75.8 Å². The van der Waals surface area contributed by atoms with E-state index in [2.05, 4.69) is 0 Å². The van der Waals surface area contributed by atoms with Gasteiger partial charge in [-0.3, -0.25) is 14.2 Å². The van der Waals surface area contributed by atoms with Crippen molar-refractivity contribution >= 4 is 5.78 Å². The summed E-state index contributed by atoms with van der Waals surface area (Å²) in [5.74, 6) is 0.292. The molecule has 0 spiro atoms. The number of allylic oxidation sites excluding steroid dienone is 2. The van der Waals surface area contributed by atoms with Gasteiger partial charge in [0.15, 0.2) is 5.78 Å². The molecule has 2 aromatic rings. The predicted molar refractivity (Wildman–Crippen MR) is 102 cm³/mol. The molecule has 0 bridgehead atoms. The van der Waals surface area contributed by atoms with Gasteiger partial charge in [-0.2, -0.15) is 5.26 Å². The lowest BCUT2D eigenvalue weighted by molar-refractivity contribution is -0.121. The summed E-state index contributed by atoms with van der Waals surface area (Å²) in [6, 6.07) is 11.7. The molecular weight excluding hydrogens is 338 g/mol. The third kappa shape index (κ3) is 2.40. The second-order valence-electron chi connectivity index (χ2n) is 7.74. The first kappa shape index (κ1) is 17.4. The maximum atomic E-state index is 13.1. The van der Waals surface area contributed by atoms with Gasteiger partial charge in [-0.1, -0.05) is 50.3 Å². The number of benzene rings is 1. The number of aromatic nitrogens is 2. The van der Waals surface area contributed by atoms with Crippen LogP contribution in [0.1, 0.15) is 31.5 Å². The third-order valence-electron chi connectivity index (χ3n) is 6.25. The molecule has 0 N–H and O–H groups in total. The summed E-state index contributed by atoms with van der Waals surface area (Å²) in [6.45, 7) is 3.90. The monoisotopic (exact) mass is 359 g/mol. The van der Waals surface area contributed by atoms with Crippen LogP contribution in [0.25, 0.3) is 11.4 Å². The van der Waals surface area contributed by atoms with Crippen molar-refractivity contribution in [2.45, 2.75) is 32.1 Å². The van der Waals surface area contributed by atoms with E-state index in [0.717, 1.165) is 12.0 Å². The van der Waals surface area contributed by atoms with Gasteiger partial charge in [0.05, 0.1) is 11.3 Å². The molecule has 0 saturated carbocycles. The number of nitrogens with zero attached hydrogens (tertiary/aromatic N) is 3. The highest BCUT2D eigenvalue weighted by molar-refractivity contribution is 6.02. The van der Waals surface area contributed by atoms with E-state index in [4.69, 9.17) is 4.98 Å². The molecule has 1 heterocycles. The number of rotatable bonds is 1. The highest BCUT2D eigenvalue weighted by Crippen LogP contribution is 2.48. The smallest absolute Gasteiger partial charge is 0.256 e. The zero-order valence-corrected chi connectivity index (χ0v) is 15.7. The highest BCUT2D eigenvalue weighted by atomic mass is 16.1. The first-order chi connectivity index (χ1) is 12.9. The molecule has 5 nitrogen and oxygen atoms in total. The van der Waals surface area contributed by atoms with Gasteiger partial charge in [0.25, 0.3) is 5.56 Å². The van der Waals surface area contributed by atoms with Crippen LogP contribution < -0.4 is 5.56 Å². The summed E-state index contributed by atoms with van der Waals surface area (Å²) in [4.78, 5) is 30.5. The van der Waals surface area contributed by atoms with E-state index in [-0.39, 0.29) is 28.8 Å². The second-order valence-corrected chi connectivity index (χ2v) is 7.74. The van der Waals surface area contributed by atoms with Crippen LogP contribution in [0.5, 0.6) is 0 Å². The quantitative estimate of drug-likeness (QED) is 0.784. The number of nitriles is 1. The molecule has 0 aliphatic heterocycles. The molecule has 1 aromatic heterocycles.